The maximum atomic E-state index is 12.4. The van der Waals surface area contributed by atoms with Crippen molar-refractivity contribution in [1.29, 1.82) is 5.26 Å². The van der Waals surface area contributed by atoms with Gasteiger partial charge in [-0.25, -0.2) is 4.79 Å². The first-order valence-corrected chi connectivity index (χ1v) is 8.72. The Kier molecular flexibility index (Phi) is 5.82. The molecule has 3 rings (SSSR count). The highest BCUT2D eigenvalue weighted by Crippen LogP contribution is 2.26. The summed E-state index contributed by atoms with van der Waals surface area (Å²) in [5.41, 5.74) is 0.926. The van der Waals surface area contributed by atoms with Crippen LogP contribution in [0.4, 0.5) is 0 Å². The molecule has 0 aliphatic carbocycles. The van der Waals surface area contributed by atoms with E-state index in [-0.39, 0.29) is 29.3 Å². The first-order valence-electron chi connectivity index (χ1n) is 8.34. The number of amides is 1. The number of carbonyl (C=O) groups excluding carboxylic acids is 2. The van der Waals surface area contributed by atoms with E-state index in [9.17, 15) is 14.9 Å². The molecule has 0 unspecified atom stereocenters. The average Bonchev–Trinajstić information content (AvgIpc) is 3.33. The summed E-state index contributed by atoms with van der Waals surface area (Å²) in [6.45, 7) is 1.37. The van der Waals surface area contributed by atoms with Gasteiger partial charge in [-0.2, -0.15) is 5.26 Å². The van der Waals surface area contributed by atoms with Crippen molar-refractivity contribution >= 4 is 23.5 Å². The second kappa shape index (κ2) is 8.46. The van der Waals surface area contributed by atoms with E-state index in [0.717, 1.165) is 5.56 Å². The zero-order chi connectivity index (χ0) is 20.1. The van der Waals surface area contributed by atoms with Gasteiger partial charge in [-0.3, -0.25) is 9.36 Å². The molecule has 0 fully saturated rings. The lowest BCUT2D eigenvalue weighted by Gasteiger charge is -2.07. The molecule has 28 heavy (non-hydrogen) atoms. The monoisotopic (exact) mass is 397 g/mol. The van der Waals surface area contributed by atoms with Gasteiger partial charge >= 0.3 is 5.97 Å². The molecule has 1 aromatic carbocycles. The Morgan fingerprint density at radius 3 is 2.57 bits per heavy atom. The summed E-state index contributed by atoms with van der Waals surface area (Å²) in [6.07, 6.45) is 3.39. The van der Waals surface area contributed by atoms with Crippen LogP contribution in [-0.2, 0) is 16.1 Å². The van der Waals surface area contributed by atoms with Gasteiger partial charge in [-0.1, -0.05) is 23.7 Å². The maximum absolute atomic E-state index is 12.4. The summed E-state index contributed by atoms with van der Waals surface area (Å²) in [5.74, 6) is -0.789. The molecule has 8 heteroatoms. The van der Waals surface area contributed by atoms with Crippen LogP contribution in [0.3, 0.4) is 0 Å². The van der Waals surface area contributed by atoms with Crippen LogP contribution in [0.2, 0.25) is 5.02 Å². The van der Waals surface area contributed by atoms with E-state index < -0.39 is 18.5 Å². The normalized spacial score (nSPS) is 10.3. The molecule has 0 aliphatic heterocycles. The fourth-order valence-corrected chi connectivity index (χ4v) is 2.71. The van der Waals surface area contributed by atoms with Crippen molar-refractivity contribution < 1.29 is 18.7 Å². The molecule has 2 heterocycles. The molecule has 3 aromatic rings. The molecule has 0 aliphatic rings. The summed E-state index contributed by atoms with van der Waals surface area (Å²) in [6, 6.07) is 12.5. The van der Waals surface area contributed by atoms with Gasteiger partial charge in [0.15, 0.2) is 6.61 Å². The standard InChI is InChI=1S/C20H16ClN3O4/c1-13-18(16(10-22)19(28-13)24-8-2-3-9-24)20(26)27-12-17(25)23-11-14-4-6-15(21)7-5-14/h2-9H,11-12H2,1H3,(H,23,25). The Morgan fingerprint density at radius 2 is 1.93 bits per heavy atom. The topological polar surface area (TPSA) is 97.3 Å². The zero-order valence-electron chi connectivity index (χ0n) is 14.9. The number of benzene rings is 1. The van der Waals surface area contributed by atoms with Crippen molar-refractivity contribution in [2.24, 2.45) is 0 Å². The van der Waals surface area contributed by atoms with E-state index in [4.69, 9.17) is 20.8 Å². The molecule has 0 saturated heterocycles. The SMILES string of the molecule is Cc1oc(-n2cccc2)c(C#N)c1C(=O)OCC(=O)NCc1ccc(Cl)cc1. The maximum Gasteiger partial charge on any atom is 0.343 e. The fraction of sp³-hybridized carbons (Fsp3) is 0.150. The molecule has 0 atom stereocenters. The molecular formula is C20H16ClN3O4. The van der Waals surface area contributed by atoms with Crippen LogP contribution in [0, 0.1) is 18.3 Å². The highest BCUT2D eigenvalue weighted by atomic mass is 35.5. The largest absolute Gasteiger partial charge is 0.452 e. The van der Waals surface area contributed by atoms with Crippen molar-refractivity contribution in [3.05, 3.63) is 76.3 Å². The number of esters is 1. The number of hydrogen-bond acceptors (Lipinski definition) is 5. The molecular weight excluding hydrogens is 382 g/mol. The van der Waals surface area contributed by atoms with Gasteiger partial charge in [-0.05, 0) is 36.8 Å². The van der Waals surface area contributed by atoms with Gasteiger partial charge in [-0.15, -0.1) is 0 Å². The smallest absolute Gasteiger partial charge is 0.343 e. The molecule has 1 N–H and O–H groups in total. The van der Waals surface area contributed by atoms with Gasteiger partial charge < -0.3 is 14.5 Å². The van der Waals surface area contributed by atoms with E-state index >= 15 is 0 Å². The number of rotatable bonds is 6. The predicted octanol–water partition coefficient (Wildman–Crippen LogP) is 3.38. The minimum absolute atomic E-state index is 0.0108. The lowest BCUT2D eigenvalue weighted by atomic mass is 10.1. The number of nitrogens with zero attached hydrogens (tertiary/aromatic N) is 2. The summed E-state index contributed by atoms with van der Waals surface area (Å²) in [4.78, 5) is 24.4. The Morgan fingerprint density at radius 1 is 1.25 bits per heavy atom. The zero-order valence-corrected chi connectivity index (χ0v) is 15.7. The van der Waals surface area contributed by atoms with Crippen LogP contribution in [0.25, 0.3) is 5.88 Å². The number of halogens is 1. The van der Waals surface area contributed by atoms with Gasteiger partial charge in [0.05, 0.1) is 0 Å². The first kappa shape index (κ1) is 19.3. The number of nitrogens with one attached hydrogen (secondary N) is 1. The second-order valence-electron chi connectivity index (χ2n) is 5.89. The Bertz CT molecular complexity index is 1030. The van der Waals surface area contributed by atoms with Crippen LogP contribution in [0.5, 0.6) is 0 Å². The first-order chi connectivity index (χ1) is 13.5. The fourth-order valence-electron chi connectivity index (χ4n) is 2.59. The number of ether oxygens (including phenoxy) is 1. The summed E-state index contributed by atoms with van der Waals surface area (Å²) < 4.78 is 12.2. The van der Waals surface area contributed by atoms with Crippen molar-refractivity contribution in [1.82, 2.24) is 9.88 Å². The van der Waals surface area contributed by atoms with Crippen LogP contribution in [0.15, 0.2) is 53.2 Å². The molecule has 2 aromatic heterocycles. The highest BCUT2D eigenvalue weighted by Gasteiger charge is 2.26. The quantitative estimate of drug-likeness (QED) is 0.643. The van der Waals surface area contributed by atoms with Gasteiger partial charge in [0.25, 0.3) is 5.91 Å². The van der Waals surface area contributed by atoms with Gasteiger partial charge in [0.2, 0.25) is 5.88 Å². The Hall–Kier alpha value is -3.50. The van der Waals surface area contributed by atoms with E-state index in [1.165, 1.54) is 0 Å². The molecule has 0 saturated carbocycles. The number of furan rings is 1. The lowest BCUT2D eigenvalue weighted by Crippen LogP contribution is -2.28. The van der Waals surface area contributed by atoms with Crippen molar-refractivity contribution in [2.45, 2.75) is 13.5 Å². The Labute approximate surface area is 166 Å². The number of aryl methyl sites for hydroxylation is 1. The third-order valence-electron chi connectivity index (χ3n) is 3.96. The van der Waals surface area contributed by atoms with Gasteiger partial charge in [0.1, 0.15) is 23.0 Å². The number of nitriles is 1. The number of carbonyl (C=O) groups is 2. The Balaban J connectivity index is 1.62. The lowest BCUT2D eigenvalue weighted by molar-refractivity contribution is -0.124. The van der Waals surface area contributed by atoms with Crippen molar-refractivity contribution in [2.75, 3.05) is 6.61 Å². The minimum Gasteiger partial charge on any atom is -0.452 e. The average molecular weight is 398 g/mol. The van der Waals surface area contributed by atoms with E-state index in [1.807, 2.05) is 6.07 Å². The molecule has 0 spiro atoms. The highest BCUT2D eigenvalue weighted by molar-refractivity contribution is 6.30. The molecule has 7 nitrogen and oxygen atoms in total. The molecule has 0 bridgehead atoms. The van der Waals surface area contributed by atoms with Crippen molar-refractivity contribution in [3.8, 4) is 12.0 Å². The van der Waals surface area contributed by atoms with Crippen LogP contribution in [0.1, 0.15) is 27.2 Å². The third-order valence-corrected chi connectivity index (χ3v) is 4.21. The van der Waals surface area contributed by atoms with Crippen LogP contribution < -0.4 is 5.32 Å². The van der Waals surface area contributed by atoms with E-state index in [2.05, 4.69) is 5.32 Å². The van der Waals surface area contributed by atoms with Gasteiger partial charge in [0, 0.05) is 24.0 Å². The summed E-state index contributed by atoms with van der Waals surface area (Å²) in [7, 11) is 0. The summed E-state index contributed by atoms with van der Waals surface area (Å²) in [5, 5.41) is 12.7. The predicted molar refractivity (Wildman–Crippen MR) is 101 cm³/mol. The number of hydrogen-bond donors (Lipinski definition) is 1. The third kappa shape index (κ3) is 4.24. The summed E-state index contributed by atoms with van der Waals surface area (Å²) >= 11 is 5.81. The molecule has 142 valence electrons. The van der Waals surface area contributed by atoms with Crippen LogP contribution >= 0.6 is 11.6 Å². The van der Waals surface area contributed by atoms with E-state index in [1.54, 1.807) is 60.3 Å². The van der Waals surface area contributed by atoms with Crippen molar-refractivity contribution in [3.63, 3.8) is 0 Å². The second-order valence-corrected chi connectivity index (χ2v) is 6.33. The minimum atomic E-state index is -0.794. The number of aromatic nitrogens is 1. The van der Waals surface area contributed by atoms with Crippen LogP contribution in [-0.4, -0.2) is 23.1 Å². The molecule has 1 amide bonds. The molecule has 0 radical (unpaired) electrons. The van der Waals surface area contributed by atoms with E-state index in [0.29, 0.717) is 5.02 Å².